The second-order valence-corrected chi connectivity index (χ2v) is 9.21. The van der Waals surface area contributed by atoms with E-state index in [9.17, 15) is 35.1 Å². The maximum absolute atomic E-state index is 12.5. The first-order valence-corrected chi connectivity index (χ1v) is 12.1. The number of ketones is 1. The van der Waals surface area contributed by atoms with Crippen molar-refractivity contribution in [3.63, 3.8) is 0 Å². The summed E-state index contributed by atoms with van der Waals surface area (Å²) in [5, 5.41) is 51.9. The monoisotopic (exact) mass is 559 g/mol. The highest BCUT2D eigenvalue weighted by Gasteiger charge is 2.45. The molecule has 5 atom stereocenters. The Balaban J connectivity index is 1.84. The molecule has 2 aromatic heterocycles. The molecule has 2 aromatic carbocycles. The molecule has 13 nitrogen and oxygen atoms in total. The highest BCUT2D eigenvalue weighted by Crippen LogP contribution is 2.47. The van der Waals surface area contributed by atoms with Crippen LogP contribution < -0.4 is 19.6 Å². The lowest BCUT2D eigenvalue weighted by Gasteiger charge is -2.39. The third kappa shape index (κ3) is 4.53. The van der Waals surface area contributed by atoms with Crippen LogP contribution in [0.4, 0.5) is 0 Å². The van der Waals surface area contributed by atoms with Gasteiger partial charge in [-0.15, -0.1) is 0 Å². The molecule has 212 valence electrons. The Labute approximate surface area is 225 Å². The average Bonchev–Trinajstić information content (AvgIpc) is 2.93. The highest BCUT2D eigenvalue weighted by atomic mass is 16.7. The number of aliphatic hydroxyl groups excluding tert-OH is 4. The van der Waals surface area contributed by atoms with Crippen molar-refractivity contribution >= 4 is 27.7 Å². The lowest BCUT2D eigenvalue weighted by atomic mass is 9.99. The summed E-state index contributed by atoms with van der Waals surface area (Å²) in [6.45, 7) is 0.684. The van der Waals surface area contributed by atoms with Crippen molar-refractivity contribution in [2.75, 3.05) is 20.8 Å². The summed E-state index contributed by atoms with van der Waals surface area (Å²) < 4.78 is 34.0. The summed E-state index contributed by atoms with van der Waals surface area (Å²) in [6, 6.07) is 6.65. The molecule has 40 heavy (non-hydrogen) atoms. The summed E-state index contributed by atoms with van der Waals surface area (Å²) in [7, 11) is 2.65. The quantitative estimate of drug-likeness (QED) is 0.159. The predicted molar refractivity (Wildman–Crippen MR) is 139 cm³/mol. The van der Waals surface area contributed by atoms with E-state index in [1.54, 1.807) is 0 Å². The first-order chi connectivity index (χ1) is 19.1. The normalized spacial score (nSPS) is 22.9. The molecule has 13 heteroatoms. The molecule has 0 spiro atoms. The molecule has 1 aliphatic rings. The van der Waals surface area contributed by atoms with Gasteiger partial charge in [0.05, 0.1) is 33.1 Å². The Bertz CT molecular complexity index is 1620. The number of aliphatic hydroxyl groups is 4. The molecule has 0 bridgehead atoms. The van der Waals surface area contributed by atoms with Gasteiger partial charge in [-0.25, -0.2) is 0 Å². The number of benzene rings is 2. The van der Waals surface area contributed by atoms with Gasteiger partial charge in [0.2, 0.25) is 17.8 Å². The van der Waals surface area contributed by atoms with Crippen molar-refractivity contribution < 1.29 is 58.1 Å². The molecule has 3 heterocycles. The van der Waals surface area contributed by atoms with E-state index in [0.717, 1.165) is 0 Å². The number of rotatable bonds is 7. The molecule has 1 saturated heterocycles. The van der Waals surface area contributed by atoms with Crippen molar-refractivity contribution in [3.8, 4) is 34.3 Å². The van der Waals surface area contributed by atoms with Crippen LogP contribution in [0, 0.1) is 0 Å². The molecular weight excluding hydrogens is 532 g/mol. The van der Waals surface area contributed by atoms with Crippen LogP contribution in [0.25, 0.3) is 33.3 Å². The molecule has 0 unspecified atom stereocenters. The molecule has 5 rings (SSSR count). The van der Waals surface area contributed by atoms with E-state index in [0.29, 0.717) is 0 Å². The van der Waals surface area contributed by atoms with Crippen LogP contribution in [0.1, 0.15) is 12.7 Å². The van der Waals surface area contributed by atoms with Crippen LogP contribution in [0.3, 0.4) is 0 Å². The molecule has 4 aromatic rings. The number of carbonyl (C=O) groups excluding carboxylic acids is 1. The van der Waals surface area contributed by atoms with E-state index in [1.165, 1.54) is 51.5 Å². The van der Waals surface area contributed by atoms with Gasteiger partial charge in [-0.05, 0) is 12.1 Å². The van der Waals surface area contributed by atoms with Gasteiger partial charge in [0, 0.05) is 29.1 Å². The fourth-order valence-corrected chi connectivity index (χ4v) is 4.59. The van der Waals surface area contributed by atoms with Crippen LogP contribution in [0.15, 0.2) is 44.0 Å². The van der Waals surface area contributed by atoms with Crippen LogP contribution in [0.2, 0.25) is 0 Å². The summed E-state index contributed by atoms with van der Waals surface area (Å²) in [4.78, 5) is 22.7. The molecule has 1 aliphatic heterocycles. The Morgan fingerprint density at radius 1 is 0.950 bits per heavy atom. The maximum Gasteiger partial charge on any atom is 0.355 e. The van der Waals surface area contributed by atoms with Gasteiger partial charge in [0.25, 0.3) is 0 Å². The van der Waals surface area contributed by atoms with Gasteiger partial charge in [-0.1, -0.05) is 0 Å². The number of ether oxygens (including phenoxy) is 4. The van der Waals surface area contributed by atoms with Gasteiger partial charge in [0.15, 0.2) is 28.4 Å². The lowest BCUT2D eigenvalue weighted by molar-refractivity contribution is -0.277. The van der Waals surface area contributed by atoms with Gasteiger partial charge >= 0.3 is 5.78 Å². The standard InChI is InChI=1S/C27H26O13/c1-10(29)14-8-13-20-15(37-14)6-12(30)7-16(20)38-25(11-4-17(35-2)21(31)18(5-11)36-3)26(13)40-27-24(34)23(33)22(32)19(9-28)39-27/h4-8,19,22-24,27-28,31-34H,9H2,1-3H3/p+1/t19-,22-,23+,24-,27+/m1/s1. The SMILES string of the molecule is COc1cc(-c2oc3cc(=O)cc4oc(C(C)=[OH+])cc(c2O[C@@H]2O[C@H](CO)[C@@H](O)[C@H](O)[C@H]2O)c43)cc(OC)c1O. The number of phenols is 1. The van der Waals surface area contributed by atoms with Crippen molar-refractivity contribution in [1.82, 2.24) is 0 Å². The smallest absolute Gasteiger partial charge is 0.355 e. The second-order valence-electron chi connectivity index (χ2n) is 9.21. The minimum absolute atomic E-state index is 0.00875. The van der Waals surface area contributed by atoms with Crippen LogP contribution in [-0.4, -0.2) is 87.6 Å². The molecule has 0 radical (unpaired) electrons. The third-order valence-electron chi connectivity index (χ3n) is 6.65. The minimum atomic E-state index is -1.77. The van der Waals surface area contributed by atoms with Gasteiger partial charge in [0.1, 0.15) is 35.6 Å². The van der Waals surface area contributed by atoms with E-state index in [4.69, 9.17) is 27.8 Å². The summed E-state index contributed by atoms with van der Waals surface area (Å²) >= 11 is 0. The highest BCUT2D eigenvalue weighted by molar-refractivity contribution is 6.11. The Morgan fingerprint density at radius 2 is 1.57 bits per heavy atom. The number of phenolic OH excluding ortho intramolecular Hbond substituents is 1. The van der Waals surface area contributed by atoms with Gasteiger partial charge in [-0.2, -0.15) is 0 Å². The fraction of sp³-hybridized carbons (Fsp3) is 0.333. The Hall–Kier alpha value is -4.14. The largest absolute Gasteiger partial charge is 0.502 e. The summed E-state index contributed by atoms with van der Waals surface area (Å²) in [5.41, 5.74) is -0.0968. The number of methoxy groups -OCH3 is 2. The van der Waals surface area contributed by atoms with Crippen molar-refractivity contribution in [2.24, 2.45) is 0 Å². The maximum atomic E-state index is 12.5. The molecule has 0 aliphatic carbocycles. The number of aromatic hydroxyl groups is 1. The molecule has 0 amide bonds. The van der Waals surface area contributed by atoms with E-state index in [-0.39, 0.29) is 67.8 Å². The van der Waals surface area contributed by atoms with Crippen LogP contribution in [-0.2, 0) is 4.74 Å². The Morgan fingerprint density at radius 3 is 2.15 bits per heavy atom. The van der Waals surface area contributed by atoms with E-state index < -0.39 is 42.7 Å². The molecule has 6 N–H and O–H groups in total. The zero-order chi connectivity index (χ0) is 28.9. The van der Waals surface area contributed by atoms with E-state index in [2.05, 4.69) is 0 Å². The van der Waals surface area contributed by atoms with E-state index >= 15 is 0 Å². The van der Waals surface area contributed by atoms with Gasteiger partial charge < -0.3 is 53.3 Å². The first kappa shape index (κ1) is 27.4. The molecule has 0 saturated carbocycles. The molecular formula is C27H27O13+. The van der Waals surface area contributed by atoms with Crippen LogP contribution >= 0.6 is 0 Å². The first-order valence-electron chi connectivity index (χ1n) is 12.1. The predicted octanol–water partition coefficient (Wildman–Crippen LogP) is 1.02. The lowest BCUT2D eigenvalue weighted by Crippen LogP contribution is -2.60. The minimum Gasteiger partial charge on any atom is -0.502 e. The molecule has 1 fully saturated rings. The summed E-state index contributed by atoms with van der Waals surface area (Å²) in [6.07, 6.45) is -8.02. The second kappa shape index (κ2) is 10.4. The number of hydrogen-bond acceptors (Lipinski definition) is 12. The zero-order valence-electron chi connectivity index (χ0n) is 21.5. The van der Waals surface area contributed by atoms with Gasteiger partial charge in [-0.3, -0.25) is 9.59 Å². The summed E-state index contributed by atoms with van der Waals surface area (Å²) in [5.74, 6) is -0.670. The zero-order valence-corrected chi connectivity index (χ0v) is 21.5. The van der Waals surface area contributed by atoms with E-state index in [1.807, 2.05) is 0 Å². The third-order valence-corrected chi connectivity index (χ3v) is 6.65. The number of hydrogen-bond donors (Lipinski definition) is 5. The van der Waals surface area contributed by atoms with Crippen molar-refractivity contribution in [1.29, 1.82) is 0 Å². The average molecular weight is 560 g/mol. The van der Waals surface area contributed by atoms with Crippen LogP contribution in [0.5, 0.6) is 23.0 Å². The Kier molecular flexibility index (Phi) is 7.16. The van der Waals surface area contributed by atoms with Crippen molar-refractivity contribution in [3.05, 3.63) is 46.3 Å². The fourth-order valence-electron chi connectivity index (χ4n) is 4.59. The van der Waals surface area contributed by atoms with Crippen molar-refractivity contribution in [2.45, 2.75) is 37.6 Å². The topological polar surface area (TPSA) is 203 Å².